The molecule has 0 radical (unpaired) electrons. The number of benzene rings is 1. The van der Waals surface area contributed by atoms with Crippen molar-refractivity contribution in [3.63, 3.8) is 0 Å². The molecule has 0 aliphatic carbocycles. The number of rotatable bonds is 10. The minimum Gasteiger partial charge on any atom is -0.351 e. The zero-order chi connectivity index (χ0) is 20.6. The molecule has 1 heterocycles. The third-order valence-corrected chi connectivity index (χ3v) is 6.99. The second-order valence-corrected chi connectivity index (χ2v) is 8.89. The maximum absolute atomic E-state index is 12.6. The predicted octanol–water partition coefficient (Wildman–Crippen LogP) is 2.93. The maximum Gasteiger partial charge on any atom is 0.261 e. The van der Waals surface area contributed by atoms with E-state index in [1.807, 2.05) is 11.4 Å². The molecule has 0 fully saturated rings. The number of sulfonamides is 1. The summed E-state index contributed by atoms with van der Waals surface area (Å²) in [4.78, 5) is 24.7. The zero-order valence-corrected chi connectivity index (χ0v) is 17.6. The van der Waals surface area contributed by atoms with Crippen LogP contribution in [0.1, 0.15) is 36.4 Å². The molecule has 2 N–H and O–H groups in total. The van der Waals surface area contributed by atoms with Gasteiger partial charge in [0.2, 0.25) is 15.9 Å². The van der Waals surface area contributed by atoms with Crippen LogP contribution in [0.5, 0.6) is 0 Å². The van der Waals surface area contributed by atoms with Crippen molar-refractivity contribution < 1.29 is 18.0 Å². The van der Waals surface area contributed by atoms with Crippen LogP contribution in [0.3, 0.4) is 0 Å². The minimum atomic E-state index is -3.58. The first-order chi connectivity index (χ1) is 13.4. The molecule has 0 aliphatic rings. The van der Waals surface area contributed by atoms with Crippen LogP contribution in [0.2, 0.25) is 0 Å². The third-order valence-electron chi connectivity index (χ3n) is 4.07. The predicted molar refractivity (Wildman–Crippen MR) is 111 cm³/mol. The van der Waals surface area contributed by atoms with Crippen LogP contribution in [0.25, 0.3) is 0 Å². The van der Waals surface area contributed by atoms with Crippen molar-refractivity contribution in [2.75, 3.05) is 25.0 Å². The van der Waals surface area contributed by atoms with Gasteiger partial charge in [0.1, 0.15) is 0 Å². The molecular formula is C19H25N3O4S2. The number of hydrogen-bond donors (Lipinski definition) is 2. The highest BCUT2D eigenvalue weighted by molar-refractivity contribution is 7.89. The van der Waals surface area contributed by atoms with Gasteiger partial charge < -0.3 is 10.6 Å². The van der Waals surface area contributed by atoms with Crippen LogP contribution >= 0.6 is 11.3 Å². The summed E-state index contributed by atoms with van der Waals surface area (Å²) in [6.45, 7) is 4.72. The number of nitrogens with one attached hydrogen (secondary N) is 2. The number of thiophene rings is 1. The molecule has 0 bridgehead atoms. The van der Waals surface area contributed by atoms with Crippen molar-refractivity contribution in [3.05, 3.63) is 46.7 Å². The van der Waals surface area contributed by atoms with Gasteiger partial charge in [-0.05, 0) is 36.1 Å². The van der Waals surface area contributed by atoms with E-state index in [9.17, 15) is 18.0 Å². The molecule has 0 aliphatic heterocycles. The molecule has 7 nitrogen and oxygen atoms in total. The van der Waals surface area contributed by atoms with E-state index < -0.39 is 10.0 Å². The quantitative estimate of drug-likeness (QED) is 0.575. The van der Waals surface area contributed by atoms with Crippen molar-refractivity contribution in [2.24, 2.45) is 0 Å². The summed E-state index contributed by atoms with van der Waals surface area (Å²) in [6, 6.07) is 9.78. The Morgan fingerprint density at radius 3 is 2.50 bits per heavy atom. The molecule has 152 valence electrons. The largest absolute Gasteiger partial charge is 0.351 e. The summed E-state index contributed by atoms with van der Waals surface area (Å²) in [5, 5.41) is 7.31. The summed E-state index contributed by atoms with van der Waals surface area (Å²) in [5.74, 6) is -0.382. The van der Waals surface area contributed by atoms with E-state index in [0.717, 1.165) is 0 Å². The van der Waals surface area contributed by atoms with Gasteiger partial charge in [0.15, 0.2) is 0 Å². The lowest BCUT2D eigenvalue weighted by Crippen LogP contribution is -2.30. The van der Waals surface area contributed by atoms with Crippen LogP contribution in [-0.2, 0) is 14.8 Å². The monoisotopic (exact) mass is 423 g/mol. The smallest absolute Gasteiger partial charge is 0.261 e. The van der Waals surface area contributed by atoms with Crippen LogP contribution in [0.4, 0.5) is 5.69 Å². The first-order valence-electron chi connectivity index (χ1n) is 9.10. The van der Waals surface area contributed by atoms with Crippen molar-refractivity contribution >= 4 is 38.9 Å². The van der Waals surface area contributed by atoms with Gasteiger partial charge >= 0.3 is 0 Å². The van der Waals surface area contributed by atoms with E-state index in [1.165, 1.54) is 27.8 Å². The Morgan fingerprint density at radius 2 is 1.86 bits per heavy atom. The van der Waals surface area contributed by atoms with E-state index in [4.69, 9.17) is 0 Å². The van der Waals surface area contributed by atoms with Crippen LogP contribution in [0.15, 0.2) is 46.7 Å². The molecule has 0 spiro atoms. The average Bonchev–Trinajstić information content (AvgIpc) is 3.21. The molecule has 0 saturated heterocycles. The molecule has 1 aromatic carbocycles. The highest BCUT2D eigenvalue weighted by Crippen LogP contribution is 2.19. The lowest BCUT2D eigenvalue weighted by Gasteiger charge is -2.18. The van der Waals surface area contributed by atoms with Gasteiger partial charge in [-0.1, -0.05) is 26.0 Å². The van der Waals surface area contributed by atoms with E-state index in [2.05, 4.69) is 10.6 Å². The standard InChI is InChI=1S/C19H25N3O4S2/c1-3-22(4-2)28(25,26)16-9-5-8-15(14-16)21-18(23)11-6-12-20-19(24)17-10-7-13-27-17/h5,7-10,13-14H,3-4,6,11-12H2,1-2H3,(H,20,24)(H,21,23). The van der Waals surface area contributed by atoms with E-state index >= 15 is 0 Å². The van der Waals surface area contributed by atoms with Crippen molar-refractivity contribution in [1.82, 2.24) is 9.62 Å². The summed E-state index contributed by atoms with van der Waals surface area (Å²) in [5.41, 5.74) is 0.431. The van der Waals surface area contributed by atoms with Gasteiger partial charge in [-0.3, -0.25) is 9.59 Å². The third kappa shape index (κ3) is 5.88. The Morgan fingerprint density at radius 1 is 1.11 bits per heavy atom. The number of hydrogen-bond acceptors (Lipinski definition) is 5. The summed E-state index contributed by atoms with van der Waals surface area (Å²) in [7, 11) is -3.58. The second kappa shape index (κ2) is 10.4. The van der Waals surface area contributed by atoms with E-state index in [-0.39, 0.29) is 23.1 Å². The lowest BCUT2D eigenvalue weighted by atomic mass is 10.2. The summed E-state index contributed by atoms with van der Waals surface area (Å²) in [6.07, 6.45) is 0.706. The number of nitrogens with zero attached hydrogens (tertiary/aromatic N) is 1. The van der Waals surface area contributed by atoms with Gasteiger partial charge in [-0.15, -0.1) is 11.3 Å². The fraction of sp³-hybridized carbons (Fsp3) is 0.368. The Labute approximate surface area is 169 Å². The molecular weight excluding hydrogens is 398 g/mol. The molecule has 1 aromatic heterocycles. The fourth-order valence-corrected chi connectivity index (χ4v) is 4.76. The summed E-state index contributed by atoms with van der Waals surface area (Å²) < 4.78 is 26.5. The fourth-order valence-electron chi connectivity index (χ4n) is 2.62. The number of anilines is 1. The number of carbonyl (C=O) groups excluding carboxylic acids is 2. The molecule has 0 atom stereocenters. The molecule has 2 aromatic rings. The molecule has 9 heteroatoms. The van der Waals surface area contributed by atoms with Gasteiger partial charge in [-0.2, -0.15) is 4.31 Å². The highest BCUT2D eigenvalue weighted by Gasteiger charge is 2.21. The molecule has 2 amide bonds. The highest BCUT2D eigenvalue weighted by atomic mass is 32.2. The Bertz CT molecular complexity index is 892. The van der Waals surface area contributed by atoms with Gasteiger partial charge in [0, 0.05) is 31.7 Å². The maximum atomic E-state index is 12.6. The first kappa shape index (κ1) is 22.1. The Balaban J connectivity index is 1.86. The normalized spacial score (nSPS) is 11.4. The zero-order valence-electron chi connectivity index (χ0n) is 16.0. The Kier molecular flexibility index (Phi) is 8.16. The first-order valence-corrected chi connectivity index (χ1v) is 11.4. The number of carbonyl (C=O) groups is 2. The van der Waals surface area contributed by atoms with E-state index in [0.29, 0.717) is 36.6 Å². The topological polar surface area (TPSA) is 95.6 Å². The van der Waals surface area contributed by atoms with Gasteiger partial charge in [0.05, 0.1) is 9.77 Å². The van der Waals surface area contributed by atoms with Gasteiger partial charge in [0.25, 0.3) is 5.91 Å². The summed E-state index contributed by atoms with van der Waals surface area (Å²) >= 11 is 1.36. The van der Waals surface area contributed by atoms with Gasteiger partial charge in [-0.25, -0.2) is 8.42 Å². The Hall–Kier alpha value is -2.23. The molecule has 0 saturated carbocycles. The molecule has 28 heavy (non-hydrogen) atoms. The second-order valence-electron chi connectivity index (χ2n) is 6.00. The SMILES string of the molecule is CCN(CC)S(=O)(=O)c1cccc(NC(=O)CCCNC(=O)c2cccs2)c1. The average molecular weight is 424 g/mol. The molecule has 0 unspecified atom stereocenters. The van der Waals surface area contributed by atoms with Crippen LogP contribution in [-0.4, -0.2) is 44.2 Å². The van der Waals surface area contributed by atoms with Crippen LogP contribution in [0, 0.1) is 0 Å². The van der Waals surface area contributed by atoms with Crippen molar-refractivity contribution in [2.45, 2.75) is 31.6 Å². The number of amides is 2. The minimum absolute atomic E-state index is 0.148. The lowest BCUT2D eigenvalue weighted by molar-refractivity contribution is -0.116. The van der Waals surface area contributed by atoms with Crippen molar-refractivity contribution in [1.29, 1.82) is 0 Å². The molecule has 2 rings (SSSR count). The van der Waals surface area contributed by atoms with Crippen LogP contribution < -0.4 is 10.6 Å². The van der Waals surface area contributed by atoms with E-state index in [1.54, 1.807) is 32.0 Å². The van der Waals surface area contributed by atoms with Crippen molar-refractivity contribution in [3.8, 4) is 0 Å².